The zero-order valence-corrected chi connectivity index (χ0v) is 18.7. The van der Waals surface area contributed by atoms with Crippen molar-refractivity contribution in [1.29, 1.82) is 0 Å². The second kappa shape index (κ2) is 9.32. The molecular weight excluding hydrogens is 422 g/mol. The summed E-state index contributed by atoms with van der Waals surface area (Å²) in [5.74, 6) is -0.277. The zero-order chi connectivity index (χ0) is 21.8. The summed E-state index contributed by atoms with van der Waals surface area (Å²) < 4.78 is 10.6. The summed E-state index contributed by atoms with van der Waals surface area (Å²) in [6.45, 7) is 5.70. The third-order valence-corrected chi connectivity index (χ3v) is 5.94. The van der Waals surface area contributed by atoms with Crippen LogP contribution in [0, 0.1) is 20.8 Å². The monoisotopic (exact) mass is 443 g/mol. The number of methoxy groups -OCH3 is 1. The van der Waals surface area contributed by atoms with Crippen molar-refractivity contribution in [3.63, 3.8) is 0 Å². The summed E-state index contributed by atoms with van der Waals surface area (Å²) in [6.07, 6.45) is 0. The van der Waals surface area contributed by atoms with Gasteiger partial charge < -0.3 is 14.8 Å². The smallest absolute Gasteiger partial charge is 0.341 e. The summed E-state index contributed by atoms with van der Waals surface area (Å²) >= 11 is 7.43. The highest BCUT2D eigenvalue weighted by Crippen LogP contribution is 2.41. The fraction of sp³-hybridized carbons (Fsp3) is 0.217. The quantitative estimate of drug-likeness (QED) is 0.489. The second-order valence-electron chi connectivity index (χ2n) is 6.82. The molecule has 30 heavy (non-hydrogen) atoms. The minimum atomic E-state index is -0.528. The molecule has 0 aliphatic heterocycles. The van der Waals surface area contributed by atoms with Gasteiger partial charge in [-0.15, -0.1) is 11.3 Å². The van der Waals surface area contributed by atoms with Crippen LogP contribution in [0.15, 0.2) is 42.5 Å². The Labute approximate surface area is 184 Å². The molecule has 0 spiro atoms. The highest BCUT2D eigenvalue weighted by Gasteiger charge is 2.25. The Bertz CT molecular complexity index is 1110. The molecule has 0 unspecified atom stereocenters. The number of hydrogen-bond acceptors (Lipinski definition) is 5. The van der Waals surface area contributed by atoms with Crippen LogP contribution in [0.5, 0.6) is 5.75 Å². The first-order valence-electron chi connectivity index (χ1n) is 9.27. The van der Waals surface area contributed by atoms with Gasteiger partial charge in [-0.05, 0) is 61.7 Å². The van der Waals surface area contributed by atoms with E-state index in [9.17, 15) is 9.59 Å². The van der Waals surface area contributed by atoms with E-state index in [0.717, 1.165) is 21.6 Å². The Balaban J connectivity index is 1.84. The molecule has 0 saturated carbocycles. The SMILES string of the molecule is COC(=O)c1c(NC(=O)COc2ccc(C)c(C)c2)sc(C)c1-c1cccc(Cl)c1. The molecule has 5 nitrogen and oxygen atoms in total. The Morgan fingerprint density at radius 1 is 1.07 bits per heavy atom. The van der Waals surface area contributed by atoms with Crippen LogP contribution in [0.2, 0.25) is 5.02 Å². The molecule has 0 atom stereocenters. The number of carbonyl (C=O) groups excluding carboxylic acids is 2. The molecule has 1 N–H and O–H groups in total. The molecule has 3 aromatic rings. The van der Waals surface area contributed by atoms with Crippen molar-refractivity contribution in [3.05, 3.63) is 69.1 Å². The number of carbonyl (C=O) groups is 2. The molecule has 1 heterocycles. The number of nitrogens with one attached hydrogen (secondary N) is 1. The molecule has 0 bridgehead atoms. The van der Waals surface area contributed by atoms with E-state index in [4.69, 9.17) is 21.1 Å². The van der Waals surface area contributed by atoms with Gasteiger partial charge >= 0.3 is 5.97 Å². The van der Waals surface area contributed by atoms with E-state index in [-0.39, 0.29) is 12.5 Å². The minimum Gasteiger partial charge on any atom is -0.484 e. The van der Waals surface area contributed by atoms with Gasteiger partial charge in [-0.1, -0.05) is 29.8 Å². The Morgan fingerprint density at radius 2 is 1.83 bits per heavy atom. The van der Waals surface area contributed by atoms with Crippen molar-refractivity contribution in [2.45, 2.75) is 20.8 Å². The predicted octanol–water partition coefficient (Wildman–Crippen LogP) is 5.80. The fourth-order valence-electron chi connectivity index (χ4n) is 3.04. The van der Waals surface area contributed by atoms with Crippen LogP contribution < -0.4 is 10.1 Å². The van der Waals surface area contributed by atoms with Crippen molar-refractivity contribution in [2.24, 2.45) is 0 Å². The molecule has 156 valence electrons. The molecule has 3 rings (SSSR count). The van der Waals surface area contributed by atoms with Crippen molar-refractivity contribution in [3.8, 4) is 16.9 Å². The third-order valence-electron chi connectivity index (χ3n) is 4.69. The number of hydrogen-bond donors (Lipinski definition) is 1. The van der Waals surface area contributed by atoms with E-state index in [2.05, 4.69) is 5.32 Å². The predicted molar refractivity (Wildman–Crippen MR) is 121 cm³/mol. The lowest BCUT2D eigenvalue weighted by Crippen LogP contribution is -2.21. The Hall–Kier alpha value is -2.83. The lowest BCUT2D eigenvalue weighted by molar-refractivity contribution is -0.118. The maximum atomic E-state index is 12.5. The van der Waals surface area contributed by atoms with Crippen molar-refractivity contribution in [1.82, 2.24) is 0 Å². The van der Waals surface area contributed by atoms with E-state index >= 15 is 0 Å². The molecule has 0 saturated heterocycles. The number of thiophene rings is 1. The van der Waals surface area contributed by atoms with Gasteiger partial charge in [0.1, 0.15) is 16.3 Å². The third kappa shape index (κ3) is 4.83. The molecular formula is C23H22ClNO4S. The number of aryl methyl sites for hydroxylation is 3. The van der Waals surface area contributed by atoms with Crippen LogP contribution in [-0.4, -0.2) is 25.6 Å². The molecule has 0 radical (unpaired) electrons. The summed E-state index contributed by atoms with van der Waals surface area (Å²) in [7, 11) is 1.31. The number of rotatable bonds is 6. The first kappa shape index (κ1) is 21.9. The maximum absolute atomic E-state index is 12.5. The van der Waals surface area contributed by atoms with Gasteiger partial charge in [-0.25, -0.2) is 4.79 Å². The van der Waals surface area contributed by atoms with Crippen LogP contribution in [-0.2, 0) is 9.53 Å². The molecule has 1 amide bonds. The van der Waals surface area contributed by atoms with Crippen LogP contribution >= 0.6 is 22.9 Å². The molecule has 7 heteroatoms. The van der Waals surface area contributed by atoms with Crippen molar-refractivity contribution >= 4 is 39.8 Å². The summed E-state index contributed by atoms with van der Waals surface area (Å²) in [6, 6.07) is 12.9. The molecule has 0 aliphatic carbocycles. The fourth-order valence-corrected chi connectivity index (χ4v) is 4.31. The second-order valence-corrected chi connectivity index (χ2v) is 8.48. The maximum Gasteiger partial charge on any atom is 0.341 e. The average molecular weight is 444 g/mol. The van der Waals surface area contributed by atoms with Gasteiger partial charge in [-0.3, -0.25) is 4.79 Å². The van der Waals surface area contributed by atoms with Gasteiger partial charge in [0, 0.05) is 15.5 Å². The number of halogens is 1. The van der Waals surface area contributed by atoms with Crippen molar-refractivity contribution in [2.75, 3.05) is 19.0 Å². The molecule has 0 aliphatic rings. The number of anilines is 1. The Kier molecular flexibility index (Phi) is 6.80. The van der Waals surface area contributed by atoms with Gasteiger partial charge in [-0.2, -0.15) is 0 Å². The summed E-state index contributed by atoms with van der Waals surface area (Å²) in [5, 5.41) is 3.76. The average Bonchev–Trinajstić information content (AvgIpc) is 3.03. The molecule has 0 fully saturated rings. The van der Waals surface area contributed by atoms with Gasteiger partial charge in [0.2, 0.25) is 0 Å². The first-order valence-corrected chi connectivity index (χ1v) is 10.5. The van der Waals surface area contributed by atoms with Crippen LogP contribution in [0.4, 0.5) is 5.00 Å². The summed E-state index contributed by atoms with van der Waals surface area (Å²) in [5.41, 5.74) is 4.02. The van der Waals surface area contributed by atoms with Gasteiger partial charge in [0.05, 0.1) is 7.11 Å². The minimum absolute atomic E-state index is 0.174. The van der Waals surface area contributed by atoms with E-state index in [0.29, 0.717) is 26.9 Å². The van der Waals surface area contributed by atoms with E-state index in [1.807, 2.05) is 51.1 Å². The van der Waals surface area contributed by atoms with E-state index in [1.54, 1.807) is 12.1 Å². The topological polar surface area (TPSA) is 64.6 Å². The molecule has 1 aromatic heterocycles. The highest BCUT2D eigenvalue weighted by molar-refractivity contribution is 7.17. The molecule has 2 aromatic carbocycles. The summed E-state index contributed by atoms with van der Waals surface area (Å²) in [4.78, 5) is 25.9. The van der Waals surface area contributed by atoms with E-state index < -0.39 is 5.97 Å². The van der Waals surface area contributed by atoms with Gasteiger partial charge in [0.25, 0.3) is 5.91 Å². The van der Waals surface area contributed by atoms with Crippen LogP contribution in [0.1, 0.15) is 26.4 Å². The largest absolute Gasteiger partial charge is 0.484 e. The highest BCUT2D eigenvalue weighted by atomic mass is 35.5. The first-order chi connectivity index (χ1) is 14.3. The zero-order valence-electron chi connectivity index (χ0n) is 17.2. The van der Waals surface area contributed by atoms with Crippen LogP contribution in [0.3, 0.4) is 0 Å². The van der Waals surface area contributed by atoms with Crippen LogP contribution in [0.25, 0.3) is 11.1 Å². The number of benzene rings is 2. The normalized spacial score (nSPS) is 10.6. The van der Waals surface area contributed by atoms with Gasteiger partial charge in [0.15, 0.2) is 6.61 Å². The number of ether oxygens (including phenoxy) is 2. The number of amides is 1. The number of esters is 1. The standard InChI is InChI=1S/C23H22ClNO4S/c1-13-8-9-18(10-14(13)2)29-12-19(26)25-22-21(23(27)28-4)20(15(3)30-22)16-6-5-7-17(24)11-16/h5-11H,12H2,1-4H3,(H,25,26). The lowest BCUT2D eigenvalue weighted by Gasteiger charge is -2.10. The Morgan fingerprint density at radius 3 is 2.50 bits per heavy atom. The van der Waals surface area contributed by atoms with Crippen molar-refractivity contribution < 1.29 is 19.1 Å². The lowest BCUT2D eigenvalue weighted by atomic mass is 10.0. The van der Waals surface area contributed by atoms with E-state index in [1.165, 1.54) is 18.4 Å².